The number of hydrogen-bond acceptors (Lipinski definition) is 3. The minimum absolute atomic E-state index is 0.787. The molecule has 3 unspecified atom stereocenters. The summed E-state index contributed by atoms with van der Waals surface area (Å²) >= 11 is 0. The summed E-state index contributed by atoms with van der Waals surface area (Å²) in [4.78, 5) is 5.59. The molecule has 0 saturated carbocycles. The molecule has 0 aromatic rings. The Bertz CT molecular complexity index is 300. The number of rotatable bonds is 6. The first-order valence-electron chi connectivity index (χ1n) is 9.47. The lowest BCUT2D eigenvalue weighted by Gasteiger charge is -2.50. The van der Waals surface area contributed by atoms with E-state index in [2.05, 4.69) is 29.0 Å². The Morgan fingerprint density at radius 3 is 2.29 bits per heavy atom. The van der Waals surface area contributed by atoms with E-state index in [4.69, 9.17) is 0 Å². The predicted molar refractivity (Wildman–Crippen MR) is 89.7 cm³/mol. The molecule has 3 rings (SSSR count). The molecule has 3 aliphatic heterocycles. The summed E-state index contributed by atoms with van der Waals surface area (Å²) in [5.41, 5.74) is 0. The monoisotopic (exact) mass is 293 g/mol. The van der Waals surface area contributed by atoms with Gasteiger partial charge in [-0.1, -0.05) is 20.3 Å². The summed E-state index contributed by atoms with van der Waals surface area (Å²) in [5, 5.41) is 3.71. The first-order valence-corrected chi connectivity index (χ1v) is 9.47. The van der Waals surface area contributed by atoms with E-state index in [0.717, 1.165) is 30.6 Å². The van der Waals surface area contributed by atoms with Gasteiger partial charge in [-0.15, -0.1) is 0 Å². The molecule has 122 valence electrons. The van der Waals surface area contributed by atoms with Crippen molar-refractivity contribution >= 4 is 0 Å². The van der Waals surface area contributed by atoms with Crippen LogP contribution in [0.3, 0.4) is 0 Å². The number of nitrogens with zero attached hydrogens (tertiary/aromatic N) is 2. The SMILES string of the molecule is CCNC1CC2CCCC(C1)N2CC(C)CN1CCCC1. The van der Waals surface area contributed by atoms with Crippen LogP contribution in [0.2, 0.25) is 0 Å². The maximum Gasteiger partial charge on any atom is 0.0113 e. The molecule has 0 aromatic heterocycles. The van der Waals surface area contributed by atoms with Crippen LogP contribution >= 0.6 is 0 Å². The molecule has 3 saturated heterocycles. The number of nitrogens with one attached hydrogen (secondary N) is 1. The topological polar surface area (TPSA) is 18.5 Å². The number of piperidine rings is 2. The van der Waals surface area contributed by atoms with E-state index in [1.165, 1.54) is 71.1 Å². The van der Waals surface area contributed by atoms with Gasteiger partial charge in [0.15, 0.2) is 0 Å². The van der Waals surface area contributed by atoms with E-state index in [-0.39, 0.29) is 0 Å². The fourth-order valence-electron chi connectivity index (χ4n) is 5.06. The van der Waals surface area contributed by atoms with Crippen molar-refractivity contribution in [2.24, 2.45) is 5.92 Å². The first-order chi connectivity index (χ1) is 10.3. The van der Waals surface area contributed by atoms with Crippen LogP contribution < -0.4 is 5.32 Å². The van der Waals surface area contributed by atoms with E-state index in [1.807, 2.05) is 0 Å². The maximum absolute atomic E-state index is 3.71. The summed E-state index contributed by atoms with van der Waals surface area (Å²) in [5.74, 6) is 0.835. The molecule has 0 aromatic carbocycles. The third-order valence-corrected chi connectivity index (χ3v) is 5.91. The van der Waals surface area contributed by atoms with E-state index in [1.54, 1.807) is 0 Å². The normalized spacial score (nSPS) is 36.0. The molecule has 3 fully saturated rings. The number of hydrogen-bond donors (Lipinski definition) is 1. The third kappa shape index (κ3) is 4.00. The van der Waals surface area contributed by atoms with Gasteiger partial charge in [-0.3, -0.25) is 4.90 Å². The highest BCUT2D eigenvalue weighted by Gasteiger charge is 2.38. The van der Waals surface area contributed by atoms with Crippen molar-refractivity contribution in [1.29, 1.82) is 0 Å². The van der Waals surface area contributed by atoms with E-state index < -0.39 is 0 Å². The van der Waals surface area contributed by atoms with Crippen molar-refractivity contribution < 1.29 is 0 Å². The molecule has 0 amide bonds. The largest absolute Gasteiger partial charge is 0.314 e. The zero-order valence-electron chi connectivity index (χ0n) is 14.2. The lowest BCUT2D eigenvalue weighted by Crippen LogP contribution is -2.57. The quantitative estimate of drug-likeness (QED) is 0.812. The fraction of sp³-hybridized carbons (Fsp3) is 1.00. The molecule has 0 radical (unpaired) electrons. The van der Waals surface area contributed by atoms with Crippen LogP contribution in [0.25, 0.3) is 0 Å². The first kappa shape index (κ1) is 15.8. The number of fused-ring (bicyclic) bond motifs is 2. The van der Waals surface area contributed by atoms with E-state index in [0.29, 0.717) is 0 Å². The Labute approximate surface area is 131 Å². The fourth-order valence-corrected chi connectivity index (χ4v) is 5.06. The lowest BCUT2D eigenvalue weighted by molar-refractivity contribution is 0.0111. The second-order valence-corrected chi connectivity index (χ2v) is 7.77. The predicted octanol–water partition coefficient (Wildman–Crippen LogP) is 2.71. The van der Waals surface area contributed by atoms with E-state index in [9.17, 15) is 0 Å². The highest BCUT2D eigenvalue weighted by molar-refractivity contribution is 4.95. The molecular weight excluding hydrogens is 258 g/mol. The molecule has 3 heteroatoms. The van der Waals surface area contributed by atoms with Gasteiger partial charge in [-0.2, -0.15) is 0 Å². The van der Waals surface area contributed by atoms with Gasteiger partial charge in [-0.25, -0.2) is 0 Å². The third-order valence-electron chi connectivity index (χ3n) is 5.91. The zero-order chi connectivity index (χ0) is 14.7. The van der Waals surface area contributed by atoms with Crippen LogP contribution in [0.4, 0.5) is 0 Å². The lowest BCUT2D eigenvalue weighted by atomic mass is 9.81. The van der Waals surface area contributed by atoms with Crippen molar-refractivity contribution in [2.75, 3.05) is 32.7 Å². The standard InChI is InChI=1S/C18H35N3/c1-3-19-16-11-17-7-6-8-18(12-16)21(17)14-15(2)13-20-9-4-5-10-20/h15-19H,3-14H2,1-2H3. The molecule has 3 atom stereocenters. The molecule has 3 heterocycles. The average Bonchev–Trinajstić information content (AvgIpc) is 2.92. The molecule has 3 aliphatic rings. The van der Waals surface area contributed by atoms with Crippen molar-refractivity contribution in [2.45, 2.75) is 76.9 Å². The highest BCUT2D eigenvalue weighted by atomic mass is 15.2. The van der Waals surface area contributed by atoms with Gasteiger partial charge in [0.25, 0.3) is 0 Å². The second kappa shape index (κ2) is 7.43. The molecular formula is C18H35N3. The van der Waals surface area contributed by atoms with Gasteiger partial charge in [0.1, 0.15) is 0 Å². The van der Waals surface area contributed by atoms with Gasteiger partial charge in [0.05, 0.1) is 0 Å². The minimum Gasteiger partial charge on any atom is -0.314 e. The summed E-state index contributed by atoms with van der Waals surface area (Å²) in [6.07, 6.45) is 9.97. The Hall–Kier alpha value is -0.120. The maximum atomic E-state index is 3.71. The zero-order valence-corrected chi connectivity index (χ0v) is 14.2. The second-order valence-electron chi connectivity index (χ2n) is 7.77. The highest BCUT2D eigenvalue weighted by Crippen LogP contribution is 2.34. The van der Waals surface area contributed by atoms with Gasteiger partial charge < -0.3 is 10.2 Å². The summed E-state index contributed by atoms with van der Waals surface area (Å²) in [6.45, 7) is 11.2. The Morgan fingerprint density at radius 2 is 1.67 bits per heavy atom. The summed E-state index contributed by atoms with van der Waals surface area (Å²) in [7, 11) is 0. The van der Waals surface area contributed by atoms with Crippen LogP contribution in [-0.4, -0.2) is 60.6 Å². The minimum atomic E-state index is 0.787. The van der Waals surface area contributed by atoms with Gasteiger partial charge in [0.2, 0.25) is 0 Å². The molecule has 0 spiro atoms. The summed E-state index contributed by atoms with van der Waals surface area (Å²) < 4.78 is 0. The van der Waals surface area contributed by atoms with Crippen LogP contribution in [0, 0.1) is 5.92 Å². The van der Waals surface area contributed by atoms with Crippen LogP contribution in [0.5, 0.6) is 0 Å². The Balaban J connectivity index is 1.52. The van der Waals surface area contributed by atoms with Crippen LogP contribution in [0.1, 0.15) is 58.8 Å². The van der Waals surface area contributed by atoms with Crippen molar-refractivity contribution in [1.82, 2.24) is 15.1 Å². The molecule has 3 nitrogen and oxygen atoms in total. The van der Waals surface area contributed by atoms with Gasteiger partial charge >= 0.3 is 0 Å². The number of likely N-dealkylation sites (tertiary alicyclic amines) is 1. The Kier molecular flexibility index (Phi) is 5.58. The summed E-state index contributed by atoms with van der Waals surface area (Å²) in [6, 6.07) is 2.51. The molecule has 0 aliphatic carbocycles. The Morgan fingerprint density at radius 1 is 1.00 bits per heavy atom. The van der Waals surface area contributed by atoms with E-state index >= 15 is 0 Å². The molecule has 1 N–H and O–H groups in total. The van der Waals surface area contributed by atoms with Crippen molar-refractivity contribution in [3.05, 3.63) is 0 Å². The van der Waals surface area contributed by atoms with Crippen LogP contribution in [-0.2, 0) is 0 Å². The van der Waals surface area contributed by atoms with Crippen molar-refractivity contribution in [3.8, 4) is 0 Å². The molecule has 21 heavy (non-hydrogen) atoms. The molecule has 2 bridgehead atoms. The van der Waals surface area contributed by atoms with Gasteiger partial charge in [0, 0.05) is 31.2 Å². The smallest absolute Gasteiger partial charge is 0.0113 e. The average molecular weight is 293 g/mol. The van der Waals surface area contributed by atoms with Crippen molar-refractivity contribution in [3.63, 3.8) is 0 Å². The van der Waals surface area contributed by atoms with Crippen LogP contribution in [0.15, 0.2) is 0 Å². The van der Waals surface area contributed by atoms with Gasteiger partial charge in [-0.05, 0) is 64.1 Å².